The zero-order valence-electron chi connectivity index (χ0n) is 11.4. The maximum atomic E-state index is 10.8. The van der Waals surface area contributed by atoms with E-state index < -0.39 is 5.60 Å². The highest BCUT2D eigenvalue weighted by atomic mass is 16.3. The molecule has 1 aromatic rings. The van der Waals surface area contributed by atoms with Gasteiger partial charge in [-0.2, -0.15) is 0 Å². The maximum absolute atomic E-state index is 10.8. The Bertz CT molecular complexity index is 423. The highest BCUT2D eigenvalue weighted by molar-refractivity contribution is 5.23. The van der Waals surface area contributed by atoms with Gasteiger partial charge in [0.1, 0.15) is 0 Å². The van der Waals surface area contributed by atoms with E-state index in [-0.39, 0.29) is 0 Å². The van der Waals surface area contributed by atoms with Gasteiger partial charge in [0.15, 0.2) is 0 Å². The third-order valence-electron chi connectivity index (χ3n) is 4.39. The summed E-state index contributed by atoms with van der Waals surface area (Å²) in [4.78, 5) is 2.51. The molecule has 1 heterocycles. The van der Waals surface area contributed by atoms with Crippen molar-refractivity contribution in [1.82, 2.24) is 4.90 Å². The Balaban J connectivity index is 1.70. The Morgan fingerprint density at radius 3 is 2.56 bits per heavy atom. The van der Waals surface area contributed by atoms with Crippen molar-refractivity contribution in [2.75, 3.05) is 6.54 Å². The monoisotopic (exact) mass is 245 g/mol. The van der Waals surface area contributed by atoms with Crippen molar-refractivity contribution in [2.45, 2.75) is 57.2 Å². The van der Waals surface area contributed by atoms with Crippen molar-refractivity contribution in [2.24, 2.45) is 0 Å². The third kappa shape index (κ3) is 2.45. The van der Waals surface area contributed by atoms with Gasteiger partial charge in [-0.3, -0.25) is 4.90 Å². The minimum Gasteiger partial charge on any atom is -0.388 e. The second kappa shape index (κ2) is 4.36. The van der Waals surface area contributed by atoms with Crippen LogP contribution in [0.25, 0.3) is 0 Å². The van der Waals surface area contributed by atoms with Crippen LogP contribution < -0.4 is 0 Å². The molecule has 1 saturated carbocycles. The zero-order valence-corrected chi connectivity index (χ0v) is 11.4. The van der Waals surface area contributed by atoms with Crippen LogP contribution in [0.5, 0.6) is 0 Å². The van der Waals surface area contributed by atoms with Crippen LogP contribution in [0, 0.1) is 6.92 Å². The fraction of sp³-hybridized carbons (Fsp3) is 0.625. The minimum atomic E-state index is -0.517. The Labute approximate surface area is 110 Å². The summed E-state index contributed by atoms with van der Waals surface area (Å²) < 4.78 is 0. The summed E-state index contributed by atoms with van der Waals surface area (Å²) in [5, 5.41) is 10.8. The van der Waals surface area contributed by atoms with E-state index in [0.29, 0.717) is 6.04 Å². The number of likely N-dealkylation sites (tertiary alicyclic amines) is 1. The zero-order chi connectivity index (χ0) is 12.8. The van der Waals surface area contributed by atoms with E-state index in [4.69, 9.17) is 0 Å². The van der Waals surface area contributed by atoms with Gasteiger partial charge < -0.3 is 5.11 Å². The summed E-state index contributed by atoms with van der Waals surface area (Å²) >= 11 is 0. The van der Waals surface area contributed by atoms with E-state index in [9.17, 15) is 5.11 Å². The lowest BCUT2D eigenvalue weighted by atomic mass is 9.92. The molecule has 2 unspecified atom stereocenters. The maximum Gasteiger partial charge on any atom is 0.0829 e. The molecule has 2 atom stereocenters. The molecule has 2 aliphatic rings. The first-order chi connectivity index (χ1) is 8.56. The molecule has 1 aromatic carbocycles. The predicted molar refractivity (Wildman–Crippen MR) is 73.6 cm³/mol. The summed E-state index contributed by atoms with van der Waals surface area (Å²) in [6.07, 6.45) is 4.36. The summed E-state index contributed by atoms with van der Waals surface area (Å²) in [5.74, 6) is 0. The van der Waals surface area contributed by atoms with Gasteiger partial charge in [0.25, 0.3) is 0 Å². The summed E-state index contributed by atoms with van der Waals surface area (Å²) in [7, 11) is 0. The van der Waals surface area contributed by atoms with Crippen LogP contribution in [0.3, 0.4) is 0 Å². The van der Waals surface area contributed by atoms with Gasteiger partial charge in [0.2, 0.25) is 0 Å². The number of aliphatic hydroxyl groups is 1. The lowest BCUT2D eigenvalue weighted by Gasteiger charge is -2.23. The second-order valence-electron chi connectivity index (χ2n) is 6.34. The van der Waals surface area contributed by atoms with Gasteiger partial charge in [-0.1, -0.05) is 29.8 Å². The molecule has 0 radical (unpaired) electrons. The van der Waals surface area contributed by atoms with Crippen molar-refractivity contribution in [3.63, 3.8) is 0 Å². The van der Waals surface area contributed by atoms with Gasteiger partial charge in [-0.25, -0.2) is 0 Å². The molecule has 2 fully saturated rings. The van der Waals surface area contributed by atoms with Crippen LogP contribution in [0.4, 0.5) is 0 Å². The van der Waals surface area contributed by atoms with Gasteiger partial charge in [0.05, 0.1) is 5.60 Å². The van der Waals surface area contributed by atoms with Crippen LogP contribution in [0.15, 0.2) is 24.3 Å². The van der Waals surface area contributed by atoms with Crippen molar-refractivity contribution < 1.29 is 5.11 Å². The molecule has 0 bridgehead atoms. The van der Waals surface area contributed by atoms with E-state index in [1.165, 1.54) is 24.0 Å². The first kappa shape index (κ1) is 12.2. The molecule has 0 amide bonds. The molecule has 2 heteroatoms. The van der Waals surface area contributed by atoms with Gasteiger partial charge in [0, 0.05) is 25.0 Å². The quantitative estimate of drug-likeness (QED) is 0.884. The van der Waals surface area contributed by atoms with E-state index >= 15 is 0 Å². The van der Waals surface area contributed by atoms with E-state index in [1.54, 1.807) is 0 Å². The van der Waals surface area contributed by atoms with Crippen LogP contribution in [0.2, 0.25) is 0 Å². The Hall–Kier alpha value is -0.860. The molecule has 0 spiro atoms. The van der Waals surface area contributed by atoms with Crippen molar-refractivity contribution in [1.29, 1.82) is 0 Å². The number of nitrogens with zero attached hydrogens (tertiary/aromatic N) is 1. The molecule has 98 valence electrons. The molecular formula is C16H23NO. The highest BCUT2D eigenvalue weighted by Crippen LogP contribution is 2.38. The predicted octanol–water partition coefficient (Wildman–Crippen LogP) is 2.53. The standard InChI is InChI=1S/C16H23NO/c1-12-3-5-14(6-4-12)10-16(18)9-13(2)17(11-16)15-7-8-15/h3-6,13,15,18H,7-11H2,1-2H3. The van der Waals surface area contributed by atoms with Crippen molar-refractivity contribution in [3.05, 3.63) is 35.4 Å². The van der Waals surface area contributed by atoms with Crippen molar-refractivity contribution in [3.8, 4) is 0 Å². The Morgan fingerprint density at radius 1 is 1.28 bits per heavy atom. The third-order valence-corrected chi connectivity index (χ3v) is 4.39. The molecule has 1 N–H and O–H groups in total. The van der Waals surface area contributed by atoms with E-state index in [0.717, 1.165) is 25.4 Å². The number of benzene rings is 1. The topological polar surface area (TPSA) is 23.5 Å². The van der Waals surface area contributed by atoms with E-state index in [2.05, 4.69) is 43.0 Å². The largest absolute Gasteiger partial charge is 0.388 e. The molecule has 0 aromatic heterocycles. The molecule has 18 heavy (non-hydrogen) atoms. The first-order valence-corrected chi connectivity index (χ1v) is 7.09. The molecule has 3 rings (SSSR count). The number of hydrogen-bond donors (Lipinski definition) is 1. The lowest BCUT2D eigenvalue weighted by molar-refractivity contribution is 0.0487. The summed E-state index contributed by atoms with van der Waals surface area (Å²) in [6.45, 7) is 5.21. The van der Waals surface area contributed by atoms with Gasteiger partial charge >= 0.3 is 0 Å². The SMILES string of the molecule is Cc1ccc(CC2(O)CC(C)N(C3CC3)C2)cc1. The Morgan fingerprint density at radius 2 is 1.94 bits per heavy atom. The smallest absolute Gasteiger partial charge is 0.0829 e. The number of rotatable bonds is 3. The fourth-order valence-electron chi connectivity index (χ4n) is 3.34. The van der Waals surface area contributed by atoms with Crippen LogP contribution in [-0.2, 0) is 6.42 Å². The van der Waals surface area contributed by atoms with Crippen LogP contribution >= 0.6 is 0 Å². The summed E-state index contributed by atoms with van der Waals surface area (Å²) in [5.41, 5.74) is 2.02. The fourth-order valence-corrected chi connectivity index (χ4v) is 3.34. The molecule has 2 nitrogen and oxygen atoms in total. The molecular weight excluding hydrogens is 222 g/mol. The highest BCUT2D eigenvalue weighted by Gasteiger charge is 2.45. The normalized spacial score (nSPS) is 32.9. The number of hydrogen-bond acceptors (Lipinski definition) is 2. The van der Waals surface area contributed by atoms with Crippen LogP contribution in [0.1, 0.15) is 37.3 Å². The molecule has 1 aliphatic heterocycles. The lowest BCUT2D eigenvalue weighted by Crippen LogP contribution is -2.36. The molecule has 1 aliphatic carbocycles. The first-order valence-electron chi connectivity index (χ1n) is 7.09. The minimum absolute atomic E-state index is 0.517. The van der Waals surface area contributed by atoms with Gasteiger partial charge in [-0.15, -0.1) is 0 Å². The average molecular weight is 245 g/mol. The summed E-state index contributed by atoms with van der Waals surface area (Å²) in [6, 6.07) is 9.86. The molecule has 1 saturated heterocycles. The number of β-amino-alcohol motifs (C(OH)–C–C–N with tert-alkyl or cyclic N) is 1. The average Bonchev–Trinajstić information content (AvgIpc) is 3.09. The Kier molecular flexibility index (Phi) is 2.95. The van der Waals surface area contributed by atoms with Gasteiger partial charge in [-0.05, 0) is 38.7 Å². The van der Waals surface area contributed by atoms with Crippen molar-refractivity contribution >= 4 is 0 Å². The van der Waals surface area contributed by atoms with E-state index in [1.807, 2.05) is 0 Å². The van der Waals surface area contributed by atoms with Crippen LogP contribution in [-0.4, -0.2) is 34.2 Å². The second-order valence-corrected chi connectivity index (χ2v) is 6.34. The number of aryl methyl sites for hydroxylation is 1.